The summed E-state index contributed by atoms with van der Waals surface area (Å²) in [5.74, 6) is -0.978. The van der Waals surface area contributed by atoms with Crippen molar-refractivity contribution in [3.63, 3.8) is 0 Å². The van der Waals surface area contributed by atoms with E-state index >= 15 is 0 Å². The van der Waals surface area contributed by atoms with Crippen LogP contribution in [-0.4, -0.2) is 21.7 Å². The molecule has 2 N–H and O–H groups in total. The highest BCUT2D eigenvalue weighted by Gasteiger charge is 2.12. The lowest BCUT2D eigenvalue weighted by atomic mass is 10.2. The van der Waals surface area contributed by atoms with Crippen molar-refractivity contribution in [1.29, 1.82) is 0 Å². The lowest BCUT2D eigenvalue weighted by molar-refractivity contribution is -0.384. The molecule has 3 rings (SSSR count). The molecule has 2 aromatic heterocycles. The van der Waals surface area contributed by atoms with Gasteiger partial charge in [0.2, 0.25) is 5.91 Å². The number of thiophene rings is 1. The summed E-state index contributed by atoms with van der Waals surface area (Å²) in [7, 11) is 0. The predicted octanol–water partition coefficient (Wildman–Crippen LogP) is 2.78. The third-order valence-corrected chi connectivity index (χ3v) is 5.21. The molecule has 26 heavy (non-hydrogen) atoms. The van der Waals surface area contributed by atoms with Crippen molar-refractivity contribution in [2.45, 2.75) is 6.42 Å². The lowest BCUT2D eigenvalue weighted by Crippen LogP contribution is -2.42. The lowest BCUT2D eigenvalue weighted by Gasteiger charge is -2.06. The average molecular weight is 388 g/mol. The van der Waals surface area contributed by atoms with E-state index in [2.05, 4.69) is 15.8 Å². The van der Waals surface area contributed by atoms with Crippen LogP contribution in [0, 0.1) is 10.1 Å². The molecule has 0 aliphatic heterocycles. The van der Waals surface area contributed by atoms with E-state index in [4.69, 9.17) is 0 Å². The Hall–Kier alpha value is -3.11. The fourth-order valence-electron chi connectivity index (χ4n) is 2.04. The van der Waals surface area contributed by atoms with Gasteiger partial charge in [0.15, 0.2) is 0 Å². The molecule has 0 aliphatic rings. The standard InChI is InChI=1S/C16H12N4O4S2/c21-14(8-11-9-26-16(17-11)13-2-1-7-25-13)18-19-15(22)10-3-5-12(6-4-10)20(23)24/h1-7,9H,8H2,(H,18,21)(H,19,22). The number of hydrogen-bond donors (Lipinski definition) is 2. The van der Waals surface area contributed by atoms with Crippen LogP contribution in [-0.2, 0) is 11.2 Å². The van der Waals surface area contributed by atoms with Gasteiger partial charge in [0.1, 0.15) is 5.01 Å². The number of aromatic nitrogens is 1. The number of nitro benzene ring substituents is 1. The number of nitrogens with zero attached hydrogens (tertiary/aromatic N) is 2. The molecule has 0 atom stereocenters. The molecule has 2 amide bonds. The molecular formula is C16H12N4O4S2. The molecule has 132 valence electrons. The van der Waals surface area contributed by atoms with Gasteiger partial charge in [-0.2, -0.15) is 0 Å². The Balaban J connectivity index is 1.52. The minimum absolute atomic E-state index is 0.0302. The minimum Gasteiger partial charge on any atom is -0.273 e. The summed E-state index contributed by atoms with van der Waals surface area (Å²) in [6.07, 6.45) is 0.0302. The maximum Gasteiger partial charge on any atom is 0.269 e. The van der Waals surface area contributed by atoms with Crippen LogP contribution < -0.4 is 10.9 Å². The molecule has 10 heteroatoms. The van der Waals surface area contributed by atoms with Crippen LogP contribution in [0.5, 0.6) is 0 Å². The number of hydrazine groups is 1. The molecule has 0 unspecified atom stereocenters. The SMILES string of the molecule is O=C(Cc1csc(-c2cccs2)n1)NNC(=O)c1ccc([N+](=O)[O-])cc1. The second-order valence-corrected chi connectivity index (χ2v) is 6.91. The van der Waals surface area contributed by atoms with Crippen molar-refractivity contribution in [1.82, 2.24) is 15.8 Å². The van der Waals surface area contributed by atoms with Crippen molar-refractivity contribution in [2.24, 2.45) is 0 Å². The van der Waals surface area contributed by atoms with E-state index < -0.39 is 16.7 Å². The Morgan fingerprint density at radius 3 is 2.54 bits per heavy atom. The summed E-state index contributed by atoms with van der Waals surface area (Å²) >= 11 is 3.02. The Kier molecular flexibility index (Phi) is 5.34. The fourth-order valence-corrected chi connectivity index (χ4v) is 3.68. The van der Waals surface area contributed by atoms with Gasteiger partial charge in [-0.1, -0.05) is 6.07 Å². The monoisotopic (exact) mass is 388 g/mol. The zero-order chi connectivity index (χ0) is 18.5. The van der Waals surface area contributed by atoms with Gasteiger partial charge in [0.25, 0.3) is 11.6 Å². The highest BCUT2D eigenvalue weighted by molar-refractivity contribution is 7.20. The van der Waals surface area contributed by atoms with Crippen molar-refractivity contribution in [2.75, 3.05) is 0 Å². The molecule has 0 bridgehead atoms. The molecule has 0 radical (unpaired) electrons. The van der Waals surface area contributed by atoms with Crippen molar-refractivity contribution >= 4 is 40.2 Å². The van der Waals surface area contributed by atoms with Gasteiger partial charge in [0.05, 0.1) is 21.9 Å². The Bertz CT molecular complexity index is 936. The van der Waals surface area contributed by atoms with E-state index in [1.807, 2.05) is 17.5 Å². The molecule has 0 saturated carbocycles. The van der Waals surface area contributed by atoms with Gasteiger partial charge in [-0.15, -0.1) is 22.7 Å². The van der Waals surface area contributed by atoms with Crippen LogP contribution in [0.15, 0.2) is 47.2 Å². The summed E-state index contributed by atoms with van der Waals surface area (Å²) in [4.78, 5) is 39.3. The number of rotatable bonds is 5. The van der Waals surface area contributed by atoms with Gasteiger partial charge in [-0.05, 0) is 23.6 Å². The summed E-state index contributed by atoms with van der Waals surface area (Å²) in [6, 6.07) is 8.95. The maximum absolute atomic E-state index is 11.9. The molecule has 0 spiro atoms. The molecule has 3 aromatic rings. The quantitative estimate of drug-likeness (QED) is 0.515. The van der Waals surface area contributed by atoms with Crippen molar-refractivity contribution < 1.29 is 14.5 Å². The van der Waals surface area contributed by atoms with E-state index in [9.17, 15) is 19.7 Å². The van der Waals surface area contributed by atoms with E-state index in [-0.39, 0.29) is 17.7 Å². The van der Waals surface area contributed by atoms with Gasteiger partial charge in [0, 0.05) is 23.1 Å². The number of hydrogen-bond acceptors (Lipinski definition) is 7. The Morgan fingerprint density at radius 2 is 1.88 bits per heavy atom. The Labute approximate surface area is 155 Å². The smallest absolute Gasteiger partial charge is 0.269 e. The van der Waals surface area contributed by atoms with Crippen LogP contribution in [0.25, 0.3) is 9.88 Å². The average Bonchev–Trinajstić information content (AvgIpc) is 3.31. The van der Waals surface area contributed by atoms with Crippen LogP contribution in [0.3, 0.4) is 0 Å². The zero-order valence-corrected chi connectivity index (χ0v) is 14.8. The number of nitrogens with one attached hydrogen (secondary N) is 2. The second kappa shape index (κ2) is 7.85. The number of nitro groups is 1. The van der Waals surface area contributed by atoms with E-state index in [0.717, 1.165) is 9.88 Å². The second-order valence-electron chi connectivity index (χ2n) is 5.10. The van der Waals surface area contributed by atoms with Gasteiger partial charge in [-0.25, -0.2) is 4.98 Å². The third kappa shape index (κ3) is 4.29. The van der Waals surface area contributed by atoms with Gasteiger partial charge < -0.3 is 0 Å². The maximum atomic E-state index is 11.9. The van der Waals surface area contributed by atoms with Crippen molar-refractivity contribution in [3.8, 4) is 9.88 Å². The number of carbonyl (C=O) groups is 2. The van der Waals surface area contributed by atoms with Crippen LogP contribution in [0.4, 0.5) is 5.69 Å². The van der Waals surface area contributed by atoms with E-state index in [0.29, 0.717) is 5.69 Å². The number of carbonyl (C=O) groups excluding carboxylic acids is 2. The predicted molar refractivity (Wildman–Crippen MR) is 97.8 cm³/mol. The summed E-state index contributed by atoms with van der Waals surface area (Å²) in [6.45, 7) is 0. The molecule has 0 aliphatic carbocycles. The van der Waals surface area contributed by atoms with Gasteiger partial charge in [-0.3, -0.25) is 30.6 Å². The van der Waals surface area contributed by atoms with Crippen LogP contribution in [0.2, 0.25) is 0 Å². The molecule has 0 saturated heterocycles. The Morgan fingerprint density at radius 1 is 1.12 bits per heavy atom. The first kappa shape index (κ1) is 17.7. The topological polar surface area (TPSA) is 114 Å². The molecule has 8 nitrogen and oxygen atoms in total. The largest absolute Gasteiger partial charge is 0.273 e. The molecule has 1 aromatic carbocycles. The minimum atomic E-state index is -0.564. The normalized spacial score (nSPS) is 10.3. The first-order chi connectivity index (χ1) is 12.5. The molecular weight excluding hydrogens is 376 g/mol. The summed E-state index contributed by atoms with van der Waals surface area (Å²) in [5, 5.41) is 15.2. The first-order valence-electron chi connectivity index (χ1n) is 7.35. The number of non-ortho nitro benzene ring substituents is 1. The number of benzene rings is 1. The van der Waals surface area contributed by atoms with E-state index in [1.54, 1.807) is 16.7 Å². The number of thiazole rings is 1. The molecule has 0 fully saturated rings. The molecule has 2 heterocycles. The van der Waals surface area contributed by atoms with Crippen molar-refractivity contribution in [3.05, 3.63) is 68.5 Å². The zero-order valence-electron chi connectivity index (χ0n) is 13.2. The third-order valence-electron chi connectivity index (χ3n) is 3.28. The van der Waals surface area contributed by atoms with Gasteiger partial charge >= 0.3 is 0 Å². The summed E-state index contributed by atoms with van der Waals surface area (Å²) < 4.78 is 0. The highest BCUT2D eigenvalue weighted by Crippen LogP contribution is 2.27. The highest BCUT2D eigenvalue weighted by atomic mass is 32.1. The van der Waals surface area contributed by atoms with E-state index in [1.165, 1.54) is 35.6 Å². The fraction of sp³-hybridized carbons (Fsp3) is 0.0625. The van der Waals surface area contributed by atoms with Crippen LogP contribution >= 0.6 is 22.7 Å². The van der Waals surface area contributed by atoms with Crippen LogP contribution in [0.1, 0.15) is 16.1 Å². The number of amides is 2. The first-order valence-corrected chi connectivity index (χ1v) is 9.11. The summed E-state index contributed by atoms with van der Waals surface area (Å²) in [5.41, 5.74) is 5.27.